The van der Waals surface area contributed by atoms with Gasteiger partial charge in [0.05, 0.1) is 11.4 Å². The summed E-state index contributed by atoms with van der Waals surface area (Å²) in [4.78, 5) is 14.8. The topological polar surface area (TPSA) is 92.4 Å². The van der Waals surface area contributed by atoms with E-state index in [0.717, 1.165) is 0 Å². The fourth-order valence-electron chi connectivity index (χ4n) is 0.702. The standard InChI is InChI=1S/C7H11N5OS/c1-4(11-12-7(13)9-2)5-3-14-6(8)10-5/h3H,1-2H3,(H2,8,10)(H2,9,12,13)/b11-4+. The summed E-state index contributed by atoms with van der Waals surface area (Å²) in [7, 11) is 1.51. The van der Waals surface area contributed by atoms with Gasteiger partial charge in [-0.25, -0.2) is 15.2 Å². The number of hydrogen-bond donors (Lipinski definition) is 3. The van der Waals surface area contributed by atoms with Gasteiger partial charge in [-0.1, -0.05) is 0 Å². The molecule has 0 aliphatic heterocycles. The van der Waals surface area contributed by atoms with Crippen molar-refractivity contribution in [2.75, 3.05) is 12.8 Å². The van der Waals surface area contributed by atoms with Crippen molar-refractivity contribution in [3.63, 3.8) is 0 Å². The van der Waals surface area contributed by atoms with Crippen molar-refractivity contribution < 1.29 is 4.79 Å². The lowest BCUT2D eigenvalue weighted by atomic mass is 10.3. The monoisotopic (exact) mass is 213 g/mol. The van der Waals surface area contributed by atoms with Crippen LogP contribution in [-0.2, 0) is 0 Å². The molecule has 0 aliphatic rings. The number of nitrogen functional groups attached to an aromatic ring is 1. The molecule has 0 saturated carbocycles. The number of aromatic nitrogens is 1. The fraction of sp³-hybridized carbons (Fsp3) is 0.286. The second kappa shape index (κ2) is 4.56. The Bertz CT molecular complexity index is 359. The van der Waals surface area contributed by atoms with Crippen LogP contribution in [0.1, 0.15) is 12.6 Å². The van der Waals surface area contributed by atoms with E-state index < -0.39 is 0 Å². The molecule has 2 amide bonds. The maximum Gasteiger partial charge on any atom is 0.334 e. The molecule has 14 heavy (non-hydrogen) atoms. The van der Waals surface area contributed by atoms with Gasteiger partial charge in [0.2, 0.25) is 0 Å². The SMILES string of the molecule is CNC(=O)N/N=C(\C)c1csc(N)n1. The minimum atomic E-state index is -0.368. The highest BCUT2D eigenvalue weighted by Crippen LogP contribution is 2.11. The lowest BCUT2D eigenvalue weighted by Crippen LogP contribution is -2.29. The molecule has 0 atom stereocenters. The Hall–Kier alpha value is -1.63. The second-order valence-electron chi connectivity index (χ2n) is 2.46. The number of carbonyl (C=O) groups excluding carboxylic acids is 1. The van der Waals surface area contributed by atoms with Crippen LogP contribution in [0.4, 0.5) is 9.93 Å². The van der Waals surface area contributed by atoms with Crippen LogP contribution >= 0.6 is 11.3 Å². The number of hydrogen-bond acceptors (Lipinski definition) is 5. The molecule has 0 saturated heterocycles. The van der Waals surface area contributed by atoms with Gasteiger partial charge in [0.25, 0.3) is 0 Å². The van der Waals surface area contributed by atoms with Crippen LogP contribution < -0.4 is 16.5 Å². The lowest BCUT2D eigenvalue weighted by molar-refractivity contribution is 0.243. The Balaban J connectivity index is 2.65. The van der Waals surface area contributed by atoms with E-state index in [0.29, 0.717) is 16.5 Å². The van der Waals surface area contributed by atoms with Gasteiger partial charge in [-0.2, -0.15) is 5.10 Å². The van der Waals surface area contributed by atoms with Crippen LogP contribution in [0, 0.1) is 0 Å². The van der Waals surface area contributed by atoms with Gasteiger partial charge >= 0.3 is 6.03 Å². The zero-order valence-corrected chi connectivity index (χ0v) is 8.68. The van der Waals surface area contributed by atoms with Crippen molar-refractivity contribution in [2.24, 2.45) is 5.10 Å². The number of nitrogens with two attached hydrogens (primary N) is 1. The minimum absolute atomic E-state index is 0.368. The van der Waals surface area contributed by atoms with Crippen molar-refractivity contribution >= 4 is 28.2 Å². The maximum absolute atomic E-state index is 10.8. The lowest BCUT2D eigenvalue weighted by Gasteiger charge is -1.98. The minimum Gasteiger partial charge on any atom is -0.375 e. The first-order chi connectivity index (χ1) is 6.63. The van der Waals surface area contributed by atoms with Crippen LogP contribution in [0.2, 0.25) is 0 Å². The Morgan fingerprint density at radius 2 is 2.43 bits per heavy atom. The molecule has 0 radical (unpaired) electrons. The van der Waals surface area contributed by atoms with Gasteiger partial charge in [0, 0.05) is 12.4 Å². The van der Waals surface area contributed by atoms with Crippen LogP contribution in [0.25, 0.3) is 0 Å². The Kier molecular flexibility index (Phi) is 3.41. The van der Waals surface area contributed by atoms with Crippen molar-refractivity contribution in [1.82, 2.24) is 15.7 Å². The van der Waals surface area contributed by atoms with E-state index in [2.05, 4.69) is 20.8 Å². The molecule has 76 valence electrons. The van der Waals surface area contributed by atoms with E-state index in [1.165, 1.54) is 18.4 Å². The number of carbonyl (C=O) groups is 1. The van der Waals surface area contributed by atoms with E-state index in [4.69, 9.17) is 5.73 Å². The number of anilines is 1. The van der Waals surface area contributed by atoms with Gasteiger partial charge in [-0.3, -0.25) is 0 Å². The Labute approximate surface area is 85.2 Å². The molecule has 0 aliphatic carbocycles. The highest BCUT2D eigenvalue weighted by Gasteiger charge is 2.02. The van der Waals surface area contributed by atoms with Gasteiger partial charge in [-0.15, -0.1) is 11.3 Å². The third-order valence-electron chi connectivity index (χ3n) is 1.44. The van der Waals surface area contributed by atoms with Gasteiger partial charge < -0.3 is 11.1 Å². The number of nitrogens with zero attached hydrogens (tertiary/aromatic N) is 2. The molecule has 1 heterocycles. The normalized spacial score (nSPS) is 11.1. The Morgan fingerprint density at radius 3 is 2.93 bits per heavy atom. The summed E-state index contributed by atoms with van der Waals surface area (Å²) in [6.45, 7) is 1.74. The van der Waals surface area contributed by atoms with Gasteiger partial charge in [0.15, 0.2) is 5.13 Å². The van der Waals surface area contributed by atoms with Crippen LogP contribution in [-0.4, -0.2) is 23.8 Å². The number of nitrogens with one attached hydrogen (secondary N) is 2. The van der Waals surface area contributed by atoms with Crippen molar-refractivity contribution in [3.8, 4) is 0 Å². The average Bonchev–Trinajstić information content (AvgIpc) is 2.60. The van der Waals surface area contributed by atoms with E-state index in [1.807, 2.05) is 0 Å². The van der Waals surface area contributed by atoms with Gasteiger partial charge in [0.1, 0.15) is 0 Å². The van der Waals surface area contributed by atoms with Gasteiger partial charge in [-0.05, 0) is 6.92 Å². The molecule has 1 aromatic heterocycles. The van der Waals surface area contributed by atoms with Crippen LogP contribution in [0.15, 0.2) is 10.5 Å². The van der Waals surface area contributed by atoms with Crippen molar-refractivity contribution in [2.45, 2.75) is 6.92 Å². The van der Waals surface area contributed by atoms with E-state index in [1.54, 1.807) is 12.3 Å². The zero-order chi connectivity index (χ0) is 10.6. The number of thiazole rings is 1. The molecular weight excluding hydrogens is 202 g/mol. The highest BCUT2D eigenvalue weighted by molar-refractivity contribution is 7.13. The molecule has 0 unspecified atom stereocenters. The predicted molar refractivity (Wildman–Crippen MR) is 56.3 cm³/mol. The molecule has 0 spiro atoms. The second-order valence-corrected chi connectivity index (χ2v) is 3.35. The molecule has 0 bridgehead atoms. The molecule has 6 nitrogen and oxygen atoms in total. The summed E-state index contributed by atoms with van der Waals surface area (Å²) in [5, 5.41) is 8.46. The third-order valence-corrected chi connectivity index (χ3v) is 2.12. The molecule has 7 heteroatoms. The first-order valence-corrected chi connectivity index (χ1v) is 4.75. The van der Waals surface area contributed by atoms with E-state index >= 15 is 0 Å². The summed E-state index contributed by atoms with van der Waals surface area (Å²) in [6, 6.07) is -0.368. The summed E-state index contributed by atoms with van der Waals surface area (Å²) in [6.07, 6.45) is 0. The molecular formula is C7H11N5OS. The van der Waals surface area contributed by atoms with Crippen molar-refractivity contribution in [1.29, 1.82) is 0 Å². The quantitative estimate of drug-likeness (QED) is 0.489. The summed E-state index contributed by atoms with van der Waals surface area (Å²) in [5.41, 5.74) is 9.04. The predicted octanol–water partition coefficient (Wildman–Crippen LogP) is 0.378. The first-order valence-electron chi connectivity index (χ1n) is 3.87. The molecule has 0 fully saturated rings. The largest absolute Gasteiger partial charge is 0.375 e. The molecule has 4 N–H and O–H groups in total. The molecule has 1 aromatic rings. The van der Waals surface area contributed by atoms with Crippen molar-refractivity contribution in [3.05, 3.63) is 11.1 Å². The molecule has 0 aromatic carbocycles. The highest BCUT2D eigenvalue weighted by atomic mass is 32.1. The first kappa shape index (κ1) is 10.5. The Morgan fingerprint density at radius 1 is 1.71 bits per heavy atom. The fourth-order valence-corrected chi connectivity index (χ4v) is 1.31. The molecule has 1 rings (SSSR count). The van der Waals surface area contributed by atoms with E-state index in [-0.39, 0.29) is 6.03 Å². The number of rotatable bonds is 2. The maximum atomic E-state index is 10.8. The zero-order valence-electron chi connectivity index (χ0n) is 7.87. The van der Waals surface area contributed by atoms with E-state index in [9.17, 15) is 4.79 Å². The number of hydrazone groups is 1. The third kappa shape index (κ3) is 2.70. The summed E-state index contributed by atoms with van der Waals surface area (Å²) >= 11 is 1.33. The van der Waals surface area contributed by atoms with Crippen LogP contribution in [0.5, 0.6) is 0 Å². The average molecular weight is 213 g/mol. The number of urea groups is 1. The number of amides is 2. The van der Waals surface area contributed by atoms with Crippen LogP contribution in [0.3, 0.4) is 0 Å². The smallest absolute Gasteiger partial charge is 0.334 e. The summed E-state index contributed by atoms with van der Waals surface area (Å²) in [5.74, 6) is 0. The summed E-state index contributed by atoms with van der Waals surface area (Å²) < 4.78 is 0.